The lowest BCUT2D eigenvalue weighted by Crippen LogP contribution is -2.35. The molecule has 1 saturated carbocycles. The second-order valence-electron chi connectivity index (χ2n) is 9.14. The third kappa shape index (κ3) is 8.81. The lowest BCUT2D eigenvalue weighted by Gasteiger charge is -2.26. The number of nitrogens with one attached hydrogen (secondary N) is 2. The van der Waals surface area contributed by atoms with Crippen molar-refractivity contribution in [3.05, 3.63) is 29.6 Å². The van der Waals surface area contributed by atoms with Crippen molar-refractivity contribution in [3.63, 3.8) is 0 Å². The molecule has 3 N–H and O–H groups in total. The Hall–Kier alpha value is -1.73. The molecular weight excluding hydrogens is 442 g/mol. The zero-order valence-corrected chi connectivity index (χ0v) is 23.0. The molecule has 2 aliphatic rings. The van der Waals surface area contributed by atoms with Crippen LogP contribution in [0.5, 0.6) is 0 Å². The van der Waals surface area contributed by atoms with E-state index in [0.29, 0.717) is 5.92 Å². The van der Waals surface area contributed by atoms with Gasteiger partial charge in [-0.3, -0.25) is 0 Å². The Labute approximate surface area is 212 Å². The minimum atomic E-state index is -0.00722. The van der Waals surface area contributed by atoms with Crippen molar-refractivity contribution in [1.29, 1.82) is 0 Å². The molecule has 1 fully saturated rings. The van der Waals surface area contributed by atoms with E-state index in [1.54, 1.807) is 0 Å². The van der Waals surface area contributed by atoms with Gasteiger partial charge in [-0.2, -0.15) is 4.98 Å². The van der Waals surface area contributed by atoms with Gasteiger partial charge in [0.1, 0.15) is 5.82 Å². The number of hydrogen-bond acceptors (Lipinski definition) is 7. The third-order valence-corrected chi connectivity index (χ3v) is 7.23. The maximum Gasteiger partial charge on any atom is 0.227 e. The average molecular weight is 490 g/mol. The molecule has 34 heavy (non-hydrogen) atoms. The topological polar surface area (TPSA) is 73.3 Å². The summed E-state index contributed by atoms with van der Waals surface area (Å²) in [7, 11) is 0. The fourth-order valence-corrected chi connectivity index (χ4v) is 4.94. The molecule has 0 spiro atoms. The first-order chi connectivity index (χ1) is 16.5. The van der Waals surface area contributed by atoms with Crippen molar-refractivity contribution < 1.29 is 5.11 Å². The van der Waals surface area contributed by atoms with Gasteiger partial charge < -0.3 is 20.6 Å². The predicted molar refractivity (Wildman–Crippen MR) is 148 cm³/mol. The van der Waals surface area contributed by atoms with Crippen molar-refractivity contribution in [1.82, 2.24) is 15.3 Å². The molecule has 7 heteroatoms. The van der Waals surface area contributed by atoms with E-state index in [0.717, 1.165) is 66.5 Å². The summed E-state index contributed by atoms with van der Waals surface area (Å²) < 4.78 is 0. The van der Waals surface area contributed by atoms with Gasteiger partial charge in [0, 0.05) is 37.5 Å². The largest absolute Gasteiger partial charge is 0.394 e. The molecule has 1 aliphatic carbocycles. The fraction of sp³-hybridized carbons (Fsp3) is 0.704. The molecule has 192 valence electrons. The lowest BCUT2D eigenvalue weighted by molar-refractivity contribution is 0.249. The second kappa shape index (κ2) is 15.3. The molecule has 1 aromatic heterocycles. The molecule has 2 heterocycles. The van der Waals surface area contributed by atoms with Crippen molar-refractivity contribution in [2.24, 2.45) is 11.8 Å². The summed E-state index contributed by atoms with van der Waals surface area (Å²) in [6.07, 6.45) is 12.3. The van der Waals surface area contributed by atoms with Gasteiger partial charge in [-0.05, 0) is 37.7 Å². The molecular formula is C27H47N5OS. The van der Waals surface area contributed by atoms with Crippen LogP contribution in [0.15, 0.2) is 28.8 Å². The third-order valence-electron chi connectivity index (χ3n) is 6.10. The van der Waals surface area contributed by atoms with Crippen LogP contribution >= 0.6 is 11.8 Å². The first kappa shape index (κ1) is 28.5. The number of fused-ring (bicyclic) bond motifs is 1. The summed E-state index contributed by atoms with van der Waals surface area (Å²) >= 11 is 1.82. The minimum absolute atomic E-state index is 0.00722. The summed E-state index contributed by atoms with van der Waals surface area (Å²) in [5.41, 5.74) is 2.32. The summed E-state index contributed by atoms with van der Waals surface area (Å²) in [6, 6.07) is -0.00722. The Balaban J connectivity index is 0.00000199. The van der Waals surface area contributed by atoms with E-state index >= 15 is 0 Å². The molecule has 1 aromatic rings. The summed E-state index contributed by atoms with van der Waals surface area (Å²) in [6.45, 7) is 15.3. The Bertz CT molecular complexity index is 791. The Morgan fingerprint density at radius 2 is 2.00 bits per heavy atom. The van der Waals surface area contributed by atoms with E-state index in [4.69, 9.17) is 9.97 Å². The number of rotatable bonds is 14. The highest BCUT2D eigenvalue weighted by atomic mass is 32.2. The van der Waals surface area contributed by atoms with Crippen LogP contribution in [0.2, 0.25) is 0 Å². The lowest BCUT2D eigenvalue weighted by atomic mass is 10.1. The van der Waals surface area contributed by atoms with Gasteiger partial charge in [-0.1, -0.05) is 59.6 Å². The van der Waals surface area contributed by atoms with Crippen molar-refractivity contribution >= 4 is 23.5 Å². The van der Waals surface area contributed by atoms with E-state index in [2.05, 4.69) is 61.5 Å². The number of nitrogens with zero attached hydrogens (tertiary/aromatic N) is 3. The highest BCUT2D eigenvalue weighted by molar-refractivity contribution is 7.99. The van der Waals surface area contributed by atoms with Crippen LogP contribution in [0.1, 0.15) is 72.9 Å². The van der Waals surface area contributed by atoms with Crippen LogP contribution in [0.3, 0.4) is 0 Å². The van der Waals surface area contributed by atoms with Gasteiger partial charge in [0.05, 0.1) is 23.2 Å². The summed E-state index contributed by atoms with van der Waals surface area (Å²) in [5.74, 6) is 3.96. The zero-order valence-electron chi connectivity index (χ0n) is 22.2. The first-order valence-electron chi connectivity index (χ1n) is 13.3. The highest BCUT2D eigenvalue weighted by Crippen LogP contribution is 2.38. The molecule has 1 aliphatic heterocycles. The standard InChI is InChI=1S/C25H41N5OS.C2H6/c1-5-7-20(8-6-2)26-13-15-30(14-11-19-9-10-19)25-28-21-12-16-32-23(21)24(29-25)27-22(17-31)18(3)4;1-2/h5,7-8,18-19,22,26,31H,6,9-17H2,1-4H3,(H,27,28,29);1-2H3/b7-5-,20-8+;. The van der Waals surface area contributed by atoms with Gasteiger partial charge in [-0.25, -0.2) is 4.98 Å². The fourth-order valence-electron chi connectivity index (χ4n) is 3.88. The molecule has 1 atom stereocenters. The maximum absolute atomic E-state index is 9.85. The number of allylic oxidation sites excluding steroid dienone is 3. The van der Waals surface area contributed by atoms with Crippen molar-refractivity contribution in [3.8, 4) is 0 Å². The highest BCUT2D eigenvalue weighted by Gasteiger charge is 2.26. The quantitative estimate of drug-likeness (QED) is 0.292. The van der Waals surface area contributed by atoms with Crippen LogP contribution in [-0.2, 0) is 6.42 Å². The van der Waals surface area contributed by atoms with Crippen LogP contribution < -0.4 is 15.5 Å². The SMILES string of the molecule is C/C=C\C(=C/CC)NCCN(CCC1CC1)c1nc2c(c(NC(CO)C(C)C)n1)SCC2.CC. The molecule has 3 rings (SSSR count). The normalized spacial score (nSPS) is 16.3. The van der Waals surface area contributed by atoms with Gasteiger partial charge in [0.2, 0.25) is 5.95 Å². The Morgan fingerprint density at radius 1 is 1.24 bits per heavy atom. The van der Waals surface area contributed by atoms with E-state index in [-0.39, 0.29) is 12.6 Å². The zero-order chi connectivity index (χ0) is 24.9. The molecule has 6 nitrogen and oxygen atoms in total. The molecule has 0 bridgehead atoms. The van der Waals surface area contributed by atoms with Crippen molar-refractivity contribution in [2.75, 3.05) is 42.2 Å². The van der Waals surface area contributed by atoms with Crippen LogP contribution in [-0.4, -0.2) is 53.1 Å². The molecule has 0 radical (unpaired) electrons. The number of aryl methyl sites for hydroxylation is 1. The van der Waals surface area contributed by atoms with Crippen LogP contribution in [0, 0.1) is 11.8 Å². The first-order valence-corrected chi connectivity index (χ1v) is 14.3. The molecule has 0 aromatic carbocycles. The summed E-state index contributed by atoms with van der Waals surface area (Å²) in [4.78, 5) is 13.5. The van der Waals surface area contributed by atoms with Crippen molar-refractivity contribution in [2.45, 2.75) is 84.6 Å². The minimum Gasteiger partial charge on any atom is -0.394 e. The monoisotopic (exact) mass is 489 g/mol. The number of aliphatic hydroxyl groups excluding tert-OH is 1. The van der Waals surface area contributed by atoms with Gasteiger partial charge in [0.25, 0.3) is 0 Å². The van der Waals surface area contributed by atoms with E-state index in [1.807, 2.05) is 25.6 Å². The number of hydrogen-bond donors (Lipinski definition) is 3. The Morgan fingerprint density at radius 3 is 2.62 bits per heavy atom. The van der Waals surface area contributed by atoms with Crippen LogP contribution in [0.4, 0.5) is 11.8 Å². The van der Waals surface area contributed by atoms with Gasteiger partial charge >= 0.3 is 0 Å². The number of anilines is 2. The van der Waals surface area contributed by atoms with Gasteiger partial charge in [-0.15, -0.1) is 11.8 Å². The summed E-state index contributed by atoms with van der Waals surface area (Å²) in [5, 5.41) is 16.9. The number of aliphatic hydroxyl groups is 1. The molecule has 0 saturated heterocycles. The van der Waals surface area contributed by atoms with E-state index in [1.165, 1.54) is 25.0 Å². The smallest absolute Gasteiger partial charge is 0.227 e. The second-order valence-corrected chi connectivity index (χ2v) is 10.2. The van der Waals surface area contributed by atoms with E-state index in [9.17, 15) is 5.11 Å². The Kier molecular flexibility index (Phi) is 12.8. The van der Waals surface area contributed by atoms with E-state index < -0.39 is 0 Å². The number of thioether (sulfide) groups is 1. The van der Waals surface area contributed by atoms with Crippen LogP contribution in [0.25, 0.3) is 0 Å². The predicted octanol–water partition coefficient (Wildman–Crippen LogP) is 5.65. The van der Waals surface area contributed by atoms with Gasteiger partial charge in [0.15, 0.2) is 0 Å². The number of aromatic nitrogens is 2. The maximum atomic E-state index is 9.85. The average Bonchev–Trinajstić information content (AvgIpc) is 3.54. The molecule has 1 unspecified atom stereocenters. The molecule has 0 amide bonds.